The van der Waals surface area contributed by atoms with Crippen molar-refractivity contribution in [3.63, 3.8) is 0 Å². The summed E-state index contributed by atoms with van der Waals surface area (Å²) in [5.74, 6) is 0.133. The van der Waals surface area contributed by atoms with Gasteiger partial charge >= 0.3 is 0 Å². The van der Waals surface area contributed by atoms with Gasteiger partial charge in [-0.15, -0.1) is 11.3 Å². The summed E-state index contributed by atoms with van der Waals surface area (Å²) in [6.45, 7) is 1.92. The maximum absolute atomic E-state index is 11.8. The summed E-state index contributed by atoms with van der Waals surface area (Å²) in [5, 5.41) is 2.78. The van der Waals surface area contributed by atoms with Crippen LogP contribution in [-0.2, 0) is 6.42 Å². The highest BCUT2D eigenvalue weighted by atomic mass is 32.1. The predicted molar refractivity (Wildman–Crippen MR) is 65.9 cm³/mol. The number of aryl methyl sites for hydroxylation is 2. The normalized spacial score (nSPS) is 10.3. The van der Waals surface area contributed by atoms with Crippen LogP contribution in [0.15, 0.2) is 35.7 Å². The smallest absolute Gasteiger partial charge is 0.182 e. The summed E-state index contributed by atoms with van der Waals surface area (Å²) in [4.78, 5) is 16.0. The average molecular weight is 231 g/mol. The second kappa shape index (κ2) is 5.03. The Morgan fingerprint density at radius 1 is 1.31 bits per heavy atom. The van der Waals surface area contributed by atoms with Crippen LogP contribution < -0.4 is 0 Å². The average Bonchev–Trinajstić information content (AvgIpc) is 2.74. The molecule has 0 aliphatic heterocycles. The maximum Gasteiger partial charge on any atom is 0.182 e. The molecule has 0 N–H and O–H groups in total. The van der Waals surface area contributed by atoms with Crippen LogP contribution in [0, 0.1) is 6.92 Å². The van der Waals surface area contributed by atoms with Gasteiger partial charge in [0.05, 0.1) is 5.01 Å². The van der Waals surface area contributed by atoms with E-state index in [1.807, 2.05) is 42.6 Å². The van der Waals surface area contributed by atoms with E-state index >= 15 is 0 Å². The number of hydrogen-bond donors (Lipinski definition) is 0. The van der Waals surface area contributed by atoms with Crippen molar-refractivity contribution in [1.29, 1.82) is 0 Å². The second-order valence-electron chi connectivity index (χ2n) is 3.66. The number of carbonyl (C=O) groups excluding carboxylic acids is 1. The first kappa shape index (κ1) is 11.0. The van der Waals surface area contributed by atoms with Crippen LogP contribution in [-0.4, -0.2) is 10.8 Å². The number of ketones is 1. The zero-order valence-corrected chi connectivity index (χ0v) is 9.96. The monoisotopic (exact) mass is 231 g/mol. The Kier molecular flexibility index (Phi) is 3.47. The first-order valence-electron chi connectivity index (χ1n) is 5.25. The number of carbonyl (C=O) groups is 1. The Morgan fingerprint density at radius 2 is 2.06 bits per heavy atom. The van der Waals surface area contributed by atoms with Crippen LogP contribution in [0.1, 0.15) is 27.5 Å². The van der Waals surface area contributed by atoms with Crippen LogP contribution in [0.5, 0.6) is 0 Å². The zero-order chi connectivity index (χ0) is 11.4. The molecule has 1 aromatic heterocycles. The third-order valence-corrected chi connectivity index (χ3v) is 3.16. The molecule has 0 amide bonds. The molecule has 0 aliphatic rings. The van der Waals surface area contributed by atoms with E-state index in [1.54, 1.807) is 0 Å². The minimum atomic E-state index is 0.133. The molecule has 0 saturated heterocycles. The molecule has 3 heteroatoms. The van der Waals surface area contributed by atoms with E-state index in [0.29, 0.717) is 12.1 Å². The van der Waals surface area contributed by atoms with Crippen molar-refractivity contribution in [2.24, 2.45) is 0 Å². The van der Waals surface area contributed by atoms with Gasteiger partial charge in [-0.3, -0.25) is 4.79 Å². The fraction of sp³-hybridized carbons (Fsp3) is 0.231. The van der Waals surface area contributed by atoms with Crippen LogP contribution in [0.25, 0.3) is 0 Å². The van der Waals surface area contributed by atoms with Gasteiger partial charge in [0.15, 0.2) is 5.78 Å². The molecule has 0 spiro atoms. The molecular weight excluding hydrogens is 218 g/mol. The highest BCUT2D eigenvalue weighted by Gasteiger charge is 2.09. The standard InChI is InChI=1S/C13H13NOS/c1-10-14-12(9-16-10)13(15)8-7-11-5-3-2-4-6-11/h2-6,9H,7-8H2,1H3. The van der Waals surface area contributed by atoms with Crippen molar-refractivity contribution in [2.75, 3.05) is 0 Å². The summed E-state index contributed by atoms with van der Waals surface area (Å²) in [6, 6.07) is 10.0. The Labute approximate surface area is 99.0 Å². The lowest BCUT2D eigenvalue weighted by Crippen LogP contribution is -2.01. The van der Waals surface area contributed by atoms with Gasteiger partial charge in [0.25, 0.3) is 0 Å². The number of benzene rings is 1. The van der Waals surface area contributed by atoms with Crippen LogP contribution in [0.3, 0.4) is 0 Å². The maximum atomic E-state index is 11.8. The van der Waals surface area contributed by atoms with Crippen LogP contribution in [0.4, 0.5) is 0 Å². The molecule has 1 heterocycles. The fourth-order valence-corrected chi connectivity index (χ4v) is 2.14. The Bertz CT molecular complexity index is 476. The zero-order valence-electron chi connectivity index (χ0n) is 9.14. The van der Waals surface area contributed by atoms with Crippen molar-refractivity contribution in [3.8, 4) is 0 Å². The third-order valence-electron chi connectivity index (χ3n) is 2.39. The molecule has 1 aromatic carbocycles. The number of rotatable bonds is 4. The number of hydrogen-bond acceptors (Lipinski definition) is 3. The van der Waals surface area contributed by atoms with Crippen molar-refractivity contribution in [2.45, 2.75) is 19.8 Å². The van der Waals surface area contributed by atoms with E-state index in [4.69, 9.17) is 0 Å². The Balaban J connectivity index is 1.94. The molecule has 2 aromatic rings. The van der Waals surface area contributed by atoms with Gasteiger partial charge in [0.1, 0.15) is 5.69 Å². The number of thiazole rings is 1. The second-order valence-corrected chi connectivity index (χ2v) is 4.72. The van der Waals surface area contributed by atoms with E-state index in [9.17, 15) is 4.79 Å². The molecule has 0 fully saturated rings. The first-order valence-corrected chi connectivity index (χ1v) is 6.13. The molecule has 82 valence electrons. The van der Waals surface area contributed by atoms with Gasteiger partial charge in [-0.25, -0.2) is 4.98 Å². The van der Waals surface area contributed by atoms with Gasteiger partial charge < -0.3 is 0 Å². The van der Waals surface area contributed by atoms with E-state index in [1.165, 1.54) is 16.9 Å². The molecule has 2 nitrogen and oxygen atoms in total. The van der Waals surface area contributed by atoms with Crippen LogP contribution in [0.2, 0.25) is 0 Å². The van der Waals surface area contributed by atoms with E-state index in [0.717, 1.165) is 11.4 Å². The van der Waals surface area contributed by atoms with Gasteiger partial charge in [-0.2, -0.15) is 0 Å². The van der Waals surface area contributed by atoms with E-state index in [-0.39, 0.29) is 5.78 Å². The summed E-state index contributed by atoms with van der Waals surface area (Å²) in [6.07, 6.45) is 1.32. The molecule has 0 radical (unpaired) electrons. The molecule has 2 rings (SSSR count). The van der Waals surface area contributed by atoms with Crippen molar-refractivity contribution in [1.82, 2.24) is 4.98 Å². The number of nitrogens with zero attached hydrogens (tertiary/aromatic N) is 1. The lowest BCUT2D eigenvalue weighted by atomic mass is 10.1. The quantitative estimate of drug-likeness (QED) is 0.756. The predicted octanol–water partition coefficient (Wildman–Crippen LogP) is 3.27. The summed E-state index contributed by atoms with van der Waals surface area (Å²) in [7, 11) is 0. The highest BCUT2D eigenvalue weighted by molar-refractivity contribution is 7.09. The van der Waals surface area contributed by atoms with E-state index in [2.05, 4.69) is 4.98 Å². The van der Waals surface area contributed by atoms with Crippen molar-refractivity contribution < 1.29 is 4.79 Å². The van der Waals surface area contributed by atoms with Crippen molar-refractivity contribution >= 4 is 17.1 Å². The molecule has 0 saturated carbocycles. The molecule has 0 aliphatic carbocycles. The minimum Gasteiger partial charge on any atom is -0.292 e. The summed E-state index contributed by atoms with van der Waals surface area (Å²) < 4.78 is 0. The van der Waals surface area contributed by atoms with Gasteiger partial charge in [0, 0.05) is 11.8 Å². The molecule has 0 unspecified atom stereocenters. The van der Waals surface area contributed by atoms with Gasteiger partial charge in [-0.05, 0) is 18.9 Å². The molecular formula is C13H13NOS. The number of aromatic nitrogens is 1. The summed E-state index contributed by atoms with van der Waals surface area (Å²) >= 11 is 1.52. The SMILES string of the molecule is Cc1nc(C(=O)CCc2ccccc2)cs1. The van der Waals surface area contributed by atoms with Gasteiger partial charge in [-0.1, -0.05) is 30.3 Å². The minimum absolute atomic E-state index is 0.133. The van der Waals surface area contributed by atoms with Crippen molar-refractivity contribution in [3.05, 3.63) is 52.0 Å². The highest BCUT2D eigenvalue weighted by Crippen LogP contribution is 2.11. The van der Waals surface area contributed by atoms with Crippen LogP contribution >= 0.6 is 11.3 Å². The first-order chi connectivity index (χ1) is 7.75. The summed E-state index contributed by atoms with van der Waals surface area (Å²) in [5.41, 5.74) is 1.81. The van der Waals surface area contributed by atoms with Gasteiger partial charge in [0.2, 0.25) is 0 Å². The Morgan fingerprint density at radius 3 is 2.69 bits per heavy atom. The topological polar surface area (TPSA) is 30.0 Å². The van der Waals surface area contributed by atoms with E-state index < -0.39 is 0 Å². The molecule has 16 heavy (non-hydrogen) atoms. The molecule has 0 bridgehead atoms. The third kappa shape index (κ3) is 2.76. The lowest BCUT2D eigenvalue weighted by Gasteiger charge is -1.98. The fourth-order valence-electron chi connectivity index (χ4n) is 1.52. The number of Topliss-reactive ketones (excluding diaryl/α,β-unsaturated/α-hetero) is 1. The lowest BCUT2D eigenvalue weighted by molar-refractivity contribution is 0.0978. The molecule has 0 atom stereocenters. The Hall–Kier alpha value is -1.48. The largest absolute Gasteiger partial charge is 0.292 e.